The smallest absolute Gasteiger partial charge is 0.136 e. The maximum atomic E-state index is 6.14. The van der Waals surface area contributed by atoms with Crippen LogP contribution in [0.4, 0.5) is 0 Å². The van der Waals surface area contributed by atoms with E-state index in [-0.39, 0.29) is 0 Å². The number of thiophene rings is 1. The molecule has 10 aromatic rings. The molecule has 45 heavy (non-hydrogen) atoms. The number of hydrogen-bond acceptors (Lipinski definition) is 2. The van der Waals surface area contributed by atoms with E-state index in [1.54, 1.807) is 0 Å². The molecular weight excluding hydrogens is 567 g/mol. The topological polar surface area (TPSA) is 18.1 Å². The summed E-state index contributed by atoms with van der Waals surface area (Å²) in [6.45, 7) is 0. The van der Waals surface area contributed by atoms with Crippen molar-refractivity contribution in [3.8, 4) is 27.9 Å². The number of hydrogen-bond donors (Lipinski definition) is 0. The van der Waals surface area contributed by atoms with Crippen molar-refractivity contribution in [3.63, 3.8) is 0 Å². The second kappa shape index (κ2) is 9.43. The van der Waals surface area contributed by atoms with Crippen LogP contribution in [0.25, 0.3) is 91.9 Å². The minimum atomic E-state index is 0.922. The van der Waals surface area contributed by atoms with Gasteiger partial charge in [-0.2, -0.15) is 0 Å². The first-order chi connectivity index (χ1) is 22.3. The lowest BCUT2D eigenvalue weighted by Crippen LogP contribution is -1.94. The van der Waals surface area contributed by atoms with Crippen LogP contribution >= 0.6 is 11.3 Å². The number of furan rings is 1. The minimum absolute atomic E-state index is 0.922. The molecule has 0 saturated carbocycles. The van der Waals surface area contributed by atoms with Gasteiger partial charge in [-0.25, -0.2) is 0 Å². The van der Waals surface area contributed by atoms with Crippen LogP contribution in [-0.2, 0) is 0 Å². The molecule has 3 heteroatoms. The van der Waals surface area contributed by atoms with Crippen molar-refractivity contribution in [1.82, 2.24) is 4.57 Å². The van der Waals surface area contributed by atoms with Gasteiger partial charge in [-0.1, -0.05) is 109 Å². The lowest BCUT2D eigenvalue weighted by Gasteiger charge is -2.11. The van der Waals surface area contributed by atoms with Crippen LogP contribution in [0.2, 0.25) is 0 Å². The Balaban J connectivity index is 1.09. The summed E-state index contributed by atoms with van der Waals surface area (Å²) in [5, 5.41) is 7.56. The first-order valence-corrected chi connectivity index (χ1v) is 16.1. The van der Waals surface area contributed by atoms with Gasteiger partial charge in [0.05, 0.1) is 11.0 Å². The van der Waals surface area contributed by atoms with E-state index in [2.05, 4.69) is 144 Å². The number of benzene rings is 7. The van der Waals surface area contributed by atoms with Gasteiger partial charge >= 0.3 is 0 Å². The van der Waals surface area contributed by atoms with E-state index in [1.165, 1.54) is 75.3 Å². The van der Waals surface area contributed by atoms with Gasteiger partial charge in [-0.15, -0.1) is 11.3 Å². The number of nitrogens with zero attached hydrogens (tertiary/aromatic N) is 1. The van der Waals surface area contributed by atoms with Crippen molar-refractivity contribution < 1.29 is 4.42 Å². The Hall–Kier alpha value is -5.64. The van der Waals surface area contributed by atoms with Gasteiger partial charge in [0.25, 0.3) is 0 Å². The van der Waals surface area contributed by atoms with Crippen LogP contribution < -0.4 is 0 Å². The third kappa shape index (κ3) is 3.62. The van der Waals surface area contributed by atoms with Crippen molar-refractivity contribution in [2.24, 2.45) is 0 Å². The zero-order valence-corrected chi connectivity index (χ0v) is 25.0. The molecule has 10 rings (SSSR count). The summed E-state index contributed by atoms with van der Waals surface area (Å²) in [4.78, 5) is 0. The molecule has 2 nitrogen and oxygen atoms in total. The Labute approximate surface area is 263 Å². The zero-order valence-electron chi connectivity index (χ0n) is 24.2. The van der Waals surface area contributed by atoms with Gasteiger partial charge in [0.2, 0.25) is 0 Å². The highest BCUT2D eigenvalue weighted by Crippen LogP contribution is 2.43. The van der Waals surface area contributed by atoms with Gasteiger partial charge in [-0.3, -0.25) is 0 Å². The fourth-order valence-electron chi connectivity index (χ4n) is 7.19. The summed E-state index contributed by atoms with van der Waals surface area (Å²) in [6, 6.07) is 54.7. The monoisotopic (exact) mass is 591 g/mol. The first kappa shape index (κ1) is 24.8. The maximum absolute atomic E-state index is 6.14. The summed E-state index contributed by atoms with van der Waals surface area (Å²) in [5.41, 5.74) is 10.3. The van der Waals surface area contributed by atoms with E-state index in [0.717, 1.165) is 16.6 Å². The summed E-state index contributed by atoms with van der Waals surface area (Å²) in [7, 11) is 0. The standard InChI is InChI=1S/C42H25NOS/c1-4-12-35-31(8-1)32-24-25-39-41(34-10-3-6-15-38(34)45-39)42(32)43(35)29-22-20-27(21-23-29)26-16-18-28(19-17-26)30-11-7-14-37-40(30)33-9-2-5-13-36(33)44-37/h1-25H. The van der Waals surface area contributed by atoms with Gasteiger partial charge in [0.15, 0.2) is 0 Å². The van der Waals surface area contributed by atoms with Crippen LogP contribution in [0.3, 0.4) is 0 Å². The zero-order chi connectivity index (χ0) is 29.5. The van der Waals surface area contributed by atoms with Crippen molar-refractivity contribution >= 4 is 75.3 Å². The molecule has 0 aliphatic rings. The van der Waals surface area contributed by atoms with Crippen LogP contribution in [0.15, 0.2) is 156 Å². The van der Waals surface area contributed by atoms with Crippen molar-refractivity contribution in [3.05, 3.63) is 152 Å². The molecule has 0 aliphatic heterocycles. The second-order valence-corrected chi connectivity index (χ2v) is 12.8. The number of fused-ring (bicyclic) bond motifs is 10. The van der Waals surface area contributed by atoms with Crippen LogP contribution in [0.1, 0.15) is 0 Å². The Morgan fingerprint density at radius 2 is 1.09 bits per heavy atom. The summed E-state index contributed by atoms with van der Waals surface area (Å²) < 4.78 is 11.2. The molecule has 0 spiro atoms. The van der Waals surface area contributed by atoms with E-state index in [9.17, 15) is 0 Å². The predicted molar refractivity (Wildman–Crippen MR) is 192 cm³/mol. The SMILES string of the molecule is c1ccc2c(c1)oc1cccc(-c3ccc(-c4ccc(-n5c6ccccc6c6ccc7sc8ccccc8c7c65)cc4)cc3)c12. The van der Waals surface area contributed by atoms with Crippen molar-refractivity contribution in [1.29, 1.82) is 0 Å². The molecule has 0 saturated heterocycles. The minimum Gasteiger partial charge on any atom is -0.456 e. The maximum Gasteiger partial charge on any atom is 0.136 e. The van der Waals surface area contributed by atoms with E-state index in [0.29, 0.717) is 0 Å². The Bertz CT molecular complexity index is 2740. The molecule has 0 radical (unpaired) electrons. The van der Waals surface area contributed by atoms with E-state index in [4.69, 9.17) is 4.42 Å². The third-order valence-corrected chi connectivity index (χ3v) is 10.4. The second-order valence-electron chi connectivity index (χ2n) is 11.7. The van der Waals surface area contributed by atoms with Crippen molar-refractivity contribution in [2.75, 3.05) is 0 Å². The quantitative estimate of drug-likeness (QED) is 0.200. The van der Waals surface area contributed by atoms with Gasteiger partial charge in [-0.05, 0) is 64.7 Å². The van der Waals surface area contributed by atoms with Gasteiger partial charge < -0.3 is 8.98 Å². The molecule has 7 aromatic carbocycles. The molecular formula is C42H25NOS. The predicted octanol–water partition coefficient (Wildman–Crippen LogP) is 12.4. The molecule has 0 atom stereocenters. The lowest BCUT2D eigenvalue weighted by atomic mass is 9.97. The van der Waals surface area contributed by atoms with E-state index >= 15 is 0 Å². The molecule has 3 heterocycles. The molecule has 0 unspecified atom stereocenters. The normalized spacial score (nSPS) is 12.0. The summed E-state index contributed by atoms with van der Waals surface area (Å²) in [5.74, 6) is 0. The number of rotatable bonds is 3. The highest BCUT2D eigenvalue weighted by atomic mass is 32.1. The van der Waals surface area contributed by atoms with E-state index < -0.39 is 0 Å². The molecule has 0 bridgehead atoms. The Morgan fingerprint density at radius 3 is 1.93 bits per heavy atom. The van der Waals surface area contributed by atoms with Gasteiger partial charge in [0.1, 0.15) is 11.2 Å². The van der Waals surface area contributed by atoms with Gasteiger partial charge in [0, 0.05) is 47.4 Å². The van der Waals surface area contributed by atoms with E-state index in [1.807, 2.05) is 23.5 Å². The lowest BCUT2D eigenvalue weighted by molar-refractivity contribution is 0.669. The molecule has 0 fully saturated rings. The molecule has 210 valence electrons. The largest absolute Gasteiger partial charge is 0.456 e. The summed E-state index contributed by atoms with van der Waals surface area (Å²) >= 11 is 1.87. The summed E-state index contributed by atoms with van der Waals surface area (Å²) in [6.07, 6.45) is 0. The molecule has 0 aliphatic carbocycles. The molecule has 0 N–H and O–H groups in total. The van der Waals surface area contributed by atoms with Crippen LogP contribution in [0, 0.1) is 0 Å². The average molecular weight is 592 g/mol. The molecule has 3 aromatic heterocycles. The number of para-hydroxylation sites is 2. The molecule has 0 amide bonds. The third-order valence-electron chi connectivity index (χ3n) is 9.23. The van der Waals surface area contributed by atoms with Crippen LogP contribution in [-0.4, -0.2) is 4.57 Å². The Kier molecular flexibility index (Phi) is 5.19. The Morgan fingerprint density at radius 1 is 0.422 bits per heavy atom. The van der Waals surface area contributed by atoms with Crippen LogP contribution in [0.5, 0.6) is 0 Å². The van der Waals surface area contributed by atoms with Crippen molar-refractivity contribution in [2.45, 2.75) is 0 Å². The fraction of sp³-hybridized carbons (Fsp3) is 0. The average Bonchev–Trinajstić information content (AvgIpc) is 3.78. The number of aromatic nitrogens is 1. The highest BCUT2D eigenvalue weighted by molar-refractivity contribution is 7.26. The first-order valence-electron chi connectivity index (χ1n) is 15.3. The fourth-order valence-corrected chi connectivity index (χ4v) is 8.30. The highest BCUT2D eigenvalue weighted by Gasteiger charge is 2.18.